The summed E-state index contributed by atoms with van der Waals surface area (Å²) in [6.45, 7) is 1.76. The molecule has 0 amide bonds. The minimum absolute atomic E-state index is 0.375. The van der Waals surface area contributed by atoms with Crippen molar-refractivity contribution in [1.29, 1.82) is 0 Å². The van der Waals surface area contributed by atoms with Crippen molar-refractivity contribution in [1.82, 2.24) is 4.98 Å². The highest BCUT2D eigenvalue weighted by Crippen LogP contribution is 2.23. The highest BCUT2D eigenvalue weighted by molar-refractivity contribution is 7.17. The number of aryl methyl sites for hydroxylation is 1. The largest absolute Gasteiger partial charge is 0.465 e. The second kappa shape index (κ2) is 5.74. The summed E-state index contributed by atoms with van der Waals surface area (Å²) in [7, 11) is 1.35. The summed E-state index contributed by atoms with van der Waals surface area (Å²) in [4.78, 5) is 17.1. The second-order valence-electron chi connectivity index (χ2n) is 3.31. The first-order chi connectivity index (χ1) is 8.70. The number of methoxy groups -OCH3 is 1. The van der Waals surface area contributed by atoms with Crippen molar-refractivity contribution in [3.8, 4) is 0 Å². The van der Waals surface area contributed by atoms with Crippen LogP contribution in [-0.4, -0.2) is 24.3 Å². The van der Waals surface area contributed by atoms with Crippen LogP contribution >= 0.6 is 22.7 Å². The maximum atomic E-state index is 11.4. The number of hydrogen-bond donors (Lipinski definition) is 1. The van der Waals surface area contributed by atoms with Gasteiger partial charge in [0, 0.05) is 4.88 Å². The Balaban J connectivity index is 2.04. The molecule has 2 heterocycles. The number of nitrogens with one attached hydrogen (secondary N) is 1. The fourth-order valence-corrected chi connectivity index (χ4v) is 2.66. The molecule has 94 valence electrons. The molecule has 1 N–H and O–H groups in total. The van der Waals surface area contributed by atoms with Gasteiger partial charge in [-0.1, -0.05) is 17.4 Å². The summed E-state index contributed by atoms with van der Waals surface area (Å²) in [5.41, 5.74) is 3.44. The summed E-state index contributed by atoms with van der Waals surface area (Å²) < 4.78 is 4.66. The van der Waals surface area contributed by atoms with Gasteiger partial charge >= 0.3 is 5.97 Å². The molecule has 0 unspecified atom stereocenters. The molecule has 0 atom stereocenters. The van der Waals surface area contributed by atoms with E-state index in [9.17, 15) is 4.79 Å². The third kappa shape index (κ3) is 2.93. The van der Waals surface area contributed by atoms with Crippen LogP contribution in [0.1, 0.15) is 20.2 Å². The van der Waals surface area contributed by atoms with E-state index in [1.807, 2.05) is 17.5 Å². The van der Waals surface area contributed by atoms with Crippen molar-refractivity contribution in [2.24, 2.45) is 5.10 Å². The van der Waals surface area contributed by atoms with Gasteiger partial charge < -0.3 is 4.74 Å². The van der Waals surface area contributed by atoms with E-state index in [-0.39, 0.29) is 5.97 Å². The first-order valence-electron chi connectivity index (χ1n) is 5.09. The van der Waals surface area contributed by atoms with E-state index in [2.05, 4.69) is 20.2 Å². The zero-order valence-corrected chi connectivity index (χ0v) is 11.5. The standard InChI is InChI=1S/C11H11N3O2S2/c1-7-9(10(15)16-2)18-11(13-7)14-12-6-8-4-3-5-17-8/h3-6H,1-2H3,(H,13,14)/b12-6-. The molecule has 0 fully saturated rings. The molecular weight excluding hydrogens is 270 g/mol. The van der Waals surface area contributed by atoms with Crippen molar-refractivity contribution in [3.63, 3.8) is 0 Å². The van der Waals surface area contributed by atoms with Crippen molar-refractivity contribution in [3.05, 3.63) is 33.0 Å². The monoisotopic (exact) mass is 281 g/mol. The van der Waals surface area contributed by atoms with E-state index < -0.39 is 0 Å². The summed E-state index contributed by atoms with van der Waals surface area (Å²) in [6.07, 6.45) is 1.71. The van der Waals surface area contributed by atoms with Crippen LogP contribution in [0.2, 0.25) is 0 Å². The number of carbonyl (C=O) groups is 1. The molecule has 0 aliphatic carbocycles. The number of rotatable bonds is 4. The number of ether oxygens (including phenoxy) is 1. The maximum absolute atomic E-state index is 11.4. The van der Waals surface area contributed by atoms with Gasteiger partial charge in [0.2, 0.25) is 5.13 Å². The third-order valence-electron chi connectivity index (χ3n) is 2.06. The van der Waals surface area contributed by atoms with E-state index in [4.69, 9.17) is 0 Å². The van der Waals surface area contributed by atoms with Gasteiger partial charge in [0.15, 0.2) is 0 Å². The van der Waals surface area contributed by atoms with Gasteiger partial charge in [0.1, 0.15) is 4.88 Å². The lowest BCUT2D eigenvalue weighted by Crippen LogP contribution is -1.99. The Morgan fingerprint density at radius 3 is 3.11 bits per heavy atom. The summed E-state index contributed by atoms with van der Waals surface area (Å²) in [5, 5.41) is 6.60. The van der Waals surface area contributed by atoms with Gasteiger partial charge in [-0.2, -0.15) is 5.10 Å². The van der Waals surface area contributed by atoms with Crippen molar-refractivity contribution < 1.29 is 9.53 Å². The lowest BCUT2D eigenvalue weighted by Gasteiger charge is -1.93. The Morgan fingerprint density at radius 1 is 1.61 bits per heavy atom. The van der Waals surface area contributed by atoms with Crippen LogP contribution in [0.3, 0.4) is 0 Å². The molecule has 0 bridgehead atoms. The molecule has 0 spiro atoms. The number of thiazole rings is 1. The van der Waals surface area contributed by atoms with Crippen LogP contribution in [-0.2, 0) is 4.74 Å². The molecule has 5 nitrogen and oxygen atoms in total. The van der Waals surface area contributed by atoms with Crippen molar-refractivity contribution >= 4 is 40.0 Å². The van der Waals surface area contributed by atoms with E-state index in [0.717, 1.165) is 4.88 Å². The summed E-state index contributed by atoms with van der Waals surface area (Å²) in [6, 6.07) is 3.91. The summed E-state index contributed by atoms with van der Waals surface area (Å²) in [5.74, 6) is -0.375. The average Bonchev–Trinajstić information content (AvgIpc) is 2.98. The summed E-state index contributed by atoms with van der Waals surface area (Å²) >= 11 is 2.82. The van der Waals surface area contributed by atoms with E-state index in [0.29, 0.717) is 15.7 Å². The number of aromatic nitrogens is 1. The number of esters is 1. The molecule has 2 aromatic heterocycles. The average molecular weight is 281 g/mol. The number of anilines is 1. The SMILES string of the molecule is COC(=O)c1sc(N/N=C\c2cccs2)nc1C. The van der Waals surface area contributed by atoms with Crippen molar-refractivity contribution in [2.75, 3.05) is 12.5 Å². The molecule has 0 saturated heterocycles. The first-order valence-corrected chi connectivity index (χ1v) is 6.78. The number of hydrazone groups is 1. The minimum atomic E-state index is -0.375. The second-order valence-corrected chi connectivity index (χ2v) is 5.29. The molecule has 0 aliphatic rings. The minimum Gasteiger partial charge on any atom is -0.465 e. The molecule has 0 aliphatic heterocycles. The van der Waals surface area contributed by atoms with Crippen LogP contribution in [0.15, 0.2) is 22.6 Å². The normalized spacial score (nSPS) is 10.8. The zero-order chi connectivity index (χ0) is 13.0. The molecule has 7 heteroatoms. The Morgan fingerprint density at radius 2 is 2.44 bits per heavy atom. The Labute approximate surface area is 112 Å². The molecule has 0 radical (unpaired) electrons. The molecule has 0 aromatic carbocycles. The predicted molar refractivity (Wildman–Crippen MR) is 73.7 cm³/mol. The Bertz CT molecular complexity index is 561. The van der Waals surface area contributed by atoms with E-state index in [1.165, 1.54) is 18.4 Å². The quantitative estimate of drug-likeness (QED) is 0.532. The van der Waals surface area contributed by atoms with Crippen LogP contribution in [0.4, 0.5) is 5.13 Å². The zero-order valence-electron chi connectivity index (χ0n) is 9.84. The van der Waals surface area contributed by atoms with E-state index in [1.54, 1.807) is 24.5 Å². The number of nitrogens with zero attached hydrogens (tertiary/aromatic N) is 2. The predicted octanol–water partition coefficient (Wildman–Crippen LogP) is 2.75. The van der Waals surface area contributed by atoms with Crippen LogP contribution in [0.25, 0.3) is 0 Å². The molecule has 18 heavy (non-hydrogen) atoms. The van der Waals surface area contributed by atoms with Crippen LogP contribution in [0, 0.1) is 6.92 Å². The molecule has 0 saturated carbocycles. The van der Waals surface area contributed by atoms with Gasteiger partial charge in [-0.25, -0.2) is 9.78 Å². The molecular formula is C11H11N3O2S2. The van der Waals surface area contributed by atoms with Gasteiger partial charge in [-0.15, -0.1) is 11.3 Å². The topological polar surface area (TPSA) is 63.6 Å². The number of thiophene rings is 1. The number of carbonyl (C=O) groups excluding carboxylic acids is 1. The maximum Gasteiger partial charge on any atom is 0.350 e. The molecule has 2 aromatic rings. The lowest BCUT2D eigenvalue weighted by molar-refractivity contribution is 0.0605. The van der Waals surface area contributed by atoms with Gasteiger partial charge in [0.05, 0.1) is 19.0 Å². The third-order valence-corrected chi connectivity index (χ3v) is 3.91. The van der Waals surface area contributed by atoms with Crippen molar-refractivity contribution in [2.45, 2.75) is 6.92 Å². The fraction of sp³-hybridized carbons (Fsp3) is 0.182. The number of hydrogen-bond acceptors (Lipinski definition) is 7. The fourth-order valence-electron chi connectivity index (χ4n) is 1.24. The van der Waals surface area contributed by atoms with Gasteiger partial charge in [-0.05, 0) is 18.4 Å². The highest BCUT2D eigenvalue weighted by Gasteiger charge is 2.15. The van der Waals surface area contributed by atoms with E-state index >= 15 is 0 Å². The van der Waals surface area contributed by atoms with Crippen LogP contribution in [0.5, 0.6) is 0 Å². The Kier molecular flexibility index (Phi) is 4.06. The Hall–Kier alpha value is -1.73. The van der Waals surface area contributed by atoms with Gasteiger partial charge in [-0.3, -0.25) is 5.43 Å². The van der Waals surface area contributed by atoms with Crippen LogP contribution < -0.4 is 5.43 Å². The highest BCUT2D eigenvalue weighted by atomic mass is 32.1. The van der Waals surface area contributed by atoms with Gasteiger partial charge in [0.25, 0.3) is 0 Å². The molecule has 2 rings (SSSR count). The smallest absolute Gasteiger partial charge is 0.350 e. The lowest BCUT2D eigenvalue weighted by atomic mass is 10.4. The first kappa shape index (κ1) is 12.7.